The summed E-state index contributed by atoms with van der Waals surface area (Å²) in [6.07, 6.45) is 4.50. The predicted octanol–water partition coefficient (Wildman–Crippen LogP) is 1.74. The van der Waals surface area contributed by atoms with Gasteiger partial charge >= 0.3 is 0 Å². The summed E-state index contributed by atoms with van der Waals surface area (Å²) in [5, 5.41) is 1.10. The van der Waals surface area contributed by atoms with E-state index in [4.69, 9.17) is 5.73 Å². The smallest absolute Gasteiger partial charge is 0.139 e. The van der Waals surface area contributed by atoms with Crippen molar-refractivity contribution in [3.63, 3.8) is 0 Å². The Morgan fingerprint density at radius 2 is 1.90 bits per heavy atom. The van der Waals surface area contributed by atoms with Gasteiger partial charge < -0.3 is 10.6 Å². The van der Waals surface area contributed by atoms with E-state index in [-0.39, 0.29) is 0 Å². The molecule has 0 radical (unpaired) electrons. The zero-order chi connectivity index (χ0) is 14.2. The highest BCUT2D eigenvalue weighted by Gasteiger charge is 2.27. The Hall–Kier alpha value is -1.88. The molecule has 2 N–H and O–H groups in total. The first-order chi connectivity index (χ1) is 10.3. The molecule has 5 nitrogen and oxygen atoms in total. The van der Waals surface area contributed by atoms with E-state index in [0.29, 0.717) is 0 Å². The quantitative estimate of drug-likeness (QED) is 0.870. The lowest BCUT2D eigenvalue weighted by atomic mass is 10.2. The molecule has 0 bridgehead atoms. The number of fused-ring (bicyclic) bond motifs is 1. The van der Waals surface area contributed by atoms with Gasteiger partial charge in [0.05, 0.1) is 5.52 Å². The monoisotopic (exact) mass is 283 g/mol. The number of hydrogen-bond acceptors (Lipinski definition) is 5. The minimum absolute atomic E-state index is 0.751. The summed E-state index contributed by atoms with van der Waals surface area (Å²) < 4.78 is 0. The van der Waals surface area contributed by atoms with Gasteiger partial charge in [0, 0.05) is 43.8 Å². The fraction of sp³-hybridized carbons (Fsp3) is 0.500. The van der Waals surface area contributed by atoms with E-state index >= 15 is 0 Å². The number of benzene rings is 1. The lowest BCUT2D eigenvalue weighted by molar-refractivity contribution is 0.248. The molecule has 0 amide bonds. The zero-order valence-electron chi connectivity index (χ0n) is 12.2. The maximum atomic E-state index is 5.84. The maximum absolute atomic E-state index is 5.84. The molecule has 2 heterocycles. The van der Waals surface area contributed by atoms with Crippen LogP contribution in [0.25, 0.3) is 10.9 Å². The van der Waals surface area contributed by atoms with E-state index in [1.165, 1.54) is 19.4 Å². The highest BCUT2D eigenvalue weighted by molar-refractivity contribution is 5.91. The molecule has 2 aliphatic rings. The second kappa shape index (κ2) is 5.15. The molecule has 0 unspecified atom stereocenters. The SMILES string of the molecule is Nc1ccc2c(N3CCN(CC4CC4)CC3)ncnc2c1. The maximum Gasteiger partial charge on any atom is 0.139 e. The summed E-state index contributed by atoms with van der Waals surface area (Å²) in [6, 6.07) is 5.89. The van der Waals surface area contributed by atoms with Crippen molar-refractivity contribution in [2.45, 2.75) is 12.8 Å². The third-order valence-electron chi connectivity index (χ3n) is 4.52. The van der Waals surface area contributed by atoms with Gasteiger partial charge in [0.2, 0.25) is 0 Å². The van der Waals surface area contributed by atoms with Crippen molar-refractivity contribution in [2.75, 3.05) is 43.4 Å². The summed E-state index contributed by atoms with van der Waals surface area (Å²) in [4.78, 5) is 13.8. The fourth-order valence-electron chi connectivity index (χ4n) is 3.12. The fourth-order valence-corrected chi connectivity index (χ4v) is 3.12. The second-order valence-corrected chi connectivity index (χ2v) is 6.20. The third kappa shape index (κ3) is 2.65. The van der Waals surface area contributed by atoms with Crippen molar-refractivity contribution in [1.29, 1.82) is 0 Å². The number of nitrogen functional groups attached to an aromatic ring is 1. The summed E-state index contributed by atoms with van der Waals surface area (Å²) in [5.41, 5.74) is 7.52. The first-order valence-corrected chi connectivity index (χ1v) is 7.77. The summed E-state index contributed by atoms with van der Waals surface area (Å²) in [6.45, 7) is 5.65. The van der Waals surface area contributed by atoms with Gasteiger partial charge in [-0.1, -0.05) is 0 Å². The molecule has 1 aromatic carbocycles. The first kappa shape index (κ1) is 12.8. The van der Waals surface area contributed by atoms with Crippen LogP contribution in [0.2, 0.25) is 0 Å². The number of piperazine rings is 1. The highest BCUT2D eigenvalue weighted by atomic mass is 15.3. The van der Waals surface area contributed by atoms with Crippen molar-refractivity contribution in [3.05, 3.63) is 24.5 Å². The van der Waals surface area contributed by atoms with Crippen LogP contribution in [-0.2, 0) is 0 Å². The number of nitrogens with zero attached hydrogens (tertiary/aromatic N) is 4. The molecule has 0 atom stereocenters. The molecule has 1 aliphatic heterocycles. The van der Waals surface area contributed by atoms with Gasteiger partial charge in [-0.05, 0) is 37.0 Å². The van der Waals surface area contributed by atoms with E-state index in [2.05, 4.69) is 19.8 Å². The van der Waals surface area contributed by atoms with Crippen molar-refractivity contribution >= 4 is 22.4 Å². The molecule has 1 aromatic heterocycles. The molecule has 4 rings (SSSR count). The lowest BCUT2D eigenvalue weighted by Crippen LogP contribution is -2.47. The van der Waals surface area contributed by atoms with Crippen LogP contribution in [0.1, 0.15) is 12.8 Å². The number of hydrogen-bond donors (Lipinski definition) is 1. The minimum Gasteiger partial charge on any atom is -0.399 e. The zero-order valence-corrected chi connectivity index (χ0v) is 12.2. The number of anilines is 2. The summed E-state index contributed by atoms with van der Waals surface area (Å²) in [5.74, 6) is 2.02. The molecule has 2 aromatic rings. The molecule has 21 heavy (non-hydrogen) atoms. The second-order valence-electron chi connectivity index (χ2n) is 6.20. The summed E-state index contributed by atoms with van der Waals surface area (Å²) >= 11 is 0. The highest BCUT2D eigenvalue weighted by Crippen LogP contribution is 2.30. The first-order valence-electron chi connectivity index (χ1n) is 7.77. The predicted molar refractivity (Wildman–Crippen MR) is 85.3 cm³/mol. The molecule has 0 spiro atoms. The van der Waals surface area contributed by atoms with Gasteiger partial charge in [0.1, 0.15) is 12.1 Å². The topological polar surface area (TPSA) is 58.3 Å². The van der Waals surface area contributed by atoms with Gasteiger partial charge in [-0.25, -0.2) is 9.97 Å². The molecule has 1 saturated heterocycles. The average molecular weight is 283 g/mol. The molecular weight excluding hydrogens is 262 g/mol. The van der Waals surface area contributed by atoms with Crippen LogP contribution in [0, 0.1) is 5.92 Å². The van der Waals surface area contributed by atoms with Gasteiger partial charge in [-0.2, -0.15) is 0 Å². The van der Waals surface area contributed by atoms with Gasteiger partial charge in [0.25, 0.3) is 0 Å². The Bertz CT molecular complexity index is 644. The van der Waals surface area contributed by atoms with Crippen LogP contribution in [0.4, 0.5) is 11.5 Å². The van der Waals surface area contributed by atoms with Crippen LogP contribution >= 0.6 is 0 Å². The van der Waals surface area contributed by atoms with Crippen LogP contribution < -0.4 is 10.6 Å². The average Bonchev–Trinajstić information content (AvgIpc) is 3.31. The van der Waals surface area contributed by atoms with Gasteiger partial charge in [-0.15, -0.1) is 0 Å². The lowest BCUT2D eigenvalue weighted by Gasteiger charge is -2.35. The number of rotatable bonds is 3. The van der Waals surface area contributed by atoms with Crippen LogP contribution in [-0.4, -0.2) is 47.6 Å². The Kier molecular flexibility index (Phi) is 3.15. The molecule has 2 fully saturated rings. The van der Waals surface area contributed by atoms with Crippen molar-refractivity contribution in [3.8, 4) is 0 Å². The molecule has 1 aliphatic carbocycles. The van der Waals surface area contributed by atoms with Crippen molar-refractivity contribution in [1.82, 2.24) is 14.9 Å². The van der Waals surface area contributed by atoms with Crippen LogP contribution in [0.15, 0.2) is 24.5 Å². The standard InChI is InChI=1S/C16H21N5/c17-13-3-4-14-15(9-13)18-11-19-16(14)21-7-5-20(6-8-21)10-12-1-2-12/h3-4,9,11-12H,1-2,5-8,10,17H2. The van der Waals surface area contributed by atoms with Crippen LogP contribution in [0.3, 0.4) is 0 Å². The Morgan fingerprint density at radius 1 is 1.10 bits per heavy atom. The Labute approximate surface area is 124 Å². The molecular formula is C16H21N5. The largest absolute Gasteiger partial charge is 0.399 e. The van der Waals surface area contributed by atoms with E-state index in [0.717, 1.165) is 54.5 Å². The van der Waals surface area contributed by atoms with E-state index in [1.54, 1.807) is 6.33 Å². The number of nitrogens with two attached hydrogens (primary N) is 1. The Balaban J connectivity index is 1.53. The molecule has 1 saturated carbocycles. The molecule has 5 heteroatoms. The van der Waals surface area contributed by atoms with Crippen molar-refractivity contribution < 1.29 is 0 Å². The number of aromatic nitrogens is 2. The van der Waals surface area contributed by atoms with E-state index < -0.39 is 0 Å². The minimum atomic E-state index is 0.751. The van der Waals surface area contributed by atoms with E-state index in [9.17, 15) is 0 Å². The normalized spacial score (nSPS) is 20.1. The van der Waals surface area contributed by atoms with Gasteiger partial charge in [-0.3, -0.25) is 4.90 Å². The third-order valence-corrected chi connectivity index (χ3v) is 4.52. The summed E-state index contributed by atoms with van der Waals surface area (Å²) in [7, 11) is 0. The Morgan fingerprint density at radius 3 is 2.67 bits per heavy atom. The van der Waals surface area contributed by atoms with Crippen LogP contribution in [0.5, 0.6) is 0 Å². The van der Waals surface area contributed by atoms with E-state index in [1.807, 2.05) is 18.2 Å². The molecule has 110 valence electrons. The van der Waals surface area contributed by atoms with Crippen molar-refractivity contribution in [2.24, 2.45) is 5.92 Å². The van der Waals surface area contributed by atoms with Gasteiger partial charge in [0.15, 0.2) is 0 Å².